The van der Waals surface area contributed by atoms with Crippen LogP contribution in [0.15, 0.2) is 30.5 Å². The average molecular weight is 245 g/mol. The Labute approximate surface area is 107 Å². The maximum Gasteiger partial charge on any atom is 0.223 e. The first-order valence-electron chi connectivity index (χ1n) is 6.10. The smallest absolute Gasteiger partial charge is 0.223 e. The standard InChI is InChI=1S/C14H19N3O/c1-16(2)14(18)7-8-17-10-11(9-15)12-5-3-4-6-13(12)17/h3-6,10H,7-9,15H2,1-2H3. The molecule has 4 heteroatoms. The summed E-state index contributed by atoms with van der Waals surface area (Å²) in [6.45, 7) is 1.21. The number of carbonyl (C=O) groups is 1. The molecule has 2 aromatic rings. The van der Waals surface area contributed by atoms with Gasteiger partial charge in [-0.3, -0.25) is 4.79 Å². The molecule has 0 aliphatic heterocycles. The van der Waals surface area contributed by atoms with E-state index in [-0.39, 0.29) is 5.91 Å². The van der Waals surface area contributed by atoms with E-state index in [1.54, 1.807) is 19.0 Å². The Morgan fingerprint density at radius 1 is 1.33 bits per heavy atom. The second-order valence-corrected chi connectivity index (χ2v) is 4.61. The SMILES string of the molecule is CN(C)C(=O)CCn1cc(CN)c2ccccc21. The van der Waals surface area contributed by atoms with Crippen LogP contribution in [0.2, 0.25) is 0 Å². The number of nitrogens with two attached hydrogens (primary N) is 1. The van der Waals surface area contributed by atoms with Gasteiger partial charge in [-0.25, -0.2) is 0 Å². The second-order valence-electron chi connectivity index (χ2n) is 4.61. The topological polar surface area (TPSA) is 51.3 Å². The monoisotopic (exact) mass is 245 g/mol. The lowest BCUT2D eigenvalue weighted by molar-refractivity contribution is -0.128. The molecule has 96 valence electrons. The van der Waals surface area contributed by atoms with Crippen molar-refractivity contribution in [3.05, 3.63) is 36.0 Å². The second kappa shape index (κ2) is 5.23. The highest BCUT2D eigenvalue weighted by Crippen LogP contribution is 2.21. The number of aromatic nitrogens is 1. The number of para-hydroxylation sites is 1. The van der Waals surface area contributed by atoms with Crippen molar-refractivity contribution in [2.24, 2.45) is 5.73 Å². The first-order valence-corrected chi connectivity index (χ1v) is 6.10. The molecular formula is C14H19N3O. The van der Waals surface area contributed by atoms with Crippen LogP contribution in [0.5, 0.6) is 0 Å². The number of fused-ring (bicyclic) bond motifs is 1. The summed E-state index contributed by atoms with van der Waals surface area (Å²) in [5, 5.41) is 1.18. The van der Waals surface area contributed by atoms with Crippen molar-refractivity contribution in [2.45, 2.75) is 19.5 Å². The fourth-order valence-electron chi connectivity index (χ4n) is 2.11. The Bertz CT molecular complexity index is 557. The molecule has 0 saturated carbocycles. The number of nitrogens with zero attached hydrogens (tertiary/aromatic N) is 2. The maximum absolute atomic E-state index is 11.6. The highest BCUT2D eigenvalue weighted by molar-refractivity contribution is 5.84. The predicted molar refractivity (Wildman–Crippen MR) is 73.1 cm³/mol. The van der Waals surface area contributed by atoms with Crippen molar-refractivity contribution in [1.82, 2.24) is 9.47 Å². The molecule has 1 aromatic carbocycles. The van der Waals surface area contributed by atoms with Gasteiger partial charge in [0.05, 0.1) is 0 Å². The van der Waals surface area contributed by atoms with E-state index in [0.717, 1.165) is 11.1 Å². The zero-order valence-corrected chi connectivity index (χ0v) is 10.9. The van der Waals surface area contributed by atoms with Crippen molar-refractivity contribution in [2.75, 3.05) is 14.1 Å². The highest BCUT2D eigenvalue weighted by atomic mass is 16.2. The summed E-state index contributed by atoms with van der Waals surface area (Å²) < 4.78 is 2.11. The van der Waals surface area contributed by atoms with Gasteiger partial charge >= 0.3 is 0 Å². The Morgan fingerprint density at radius 2 is 2.06 bits per heavy atom. The van der Waals surface area contributed by atoms with Crippen LogP contribution in [0.1, 0.15) is 12.0 Å². The molecule has 1 aromatic heterocycles. The summed E-state index contributed by atoms with van der Waals surface area (Å²) in [6.07, 6.45) is 2.56. The number of hydrogen-bond donors (Lipinski definition) is 1. The van der Waals surface area contributed by atoms with Crippen LogP contribution in [0.25, 0.3) is 10.9 Å². The quantitative estimate of drug-likeness (QED) is 0.889. The molecule has 0 bridgehead atoms. The van der Waals surface area contributed by atoms with E-state index < -0.39 is 0 Å². The van der Waals surface area contributed by atoms with Gasteiger partial charge in [0.25, 0.3) is 0 Å². The maximum atomic E-state index is 11.6. The Balaban J connectivity index is 2.26. The van der Waals surface area contributed by atoms with Gasteiger partial charge in [0.2, 0.25) is 5.91 Å². The molecule has 0 spiro atoms. The molecule has 1 heterocycles. The summed E-state index contributed by atoms with van der Waals surface area (Å²) in [7, 11) is 3.56. The van der Waals surface area contributed by atoms with Crippen LogP contribution >= 0.6 is 0 Å². The average Bonchev–Trinajstić information content (AvgIpc) is 2.74. The van der Waals surface area contributed by atoms with Crippen LogP contribution in [0.3, 0.4) is 0 Å². The molecule has 0 saturated heterocycles. The zero-order valence-electron chi connectivity index (χ0n) is 10.9. The molecule has 4 nitrogen and oxygen atoms in total. The minimum atomic E-state index is 0.141. The van der Waals surface area contributed by atoms with Crippen molar-refractivity contribution in [1.29, 1.82) is 0 Å². The minimum absolute atomic E-state index is 0.141. The molecule has 1 amide bonds. The number of hydrogen-bond acceptors (Lipinski definition) is 2. The fourth-order valence-corrected chi connectivity index (χ4v) is 2.11. The van der Waals surface area contributed by atoms with E-state index in [0.29, 0.717) is 19.5 Å². The van der Waals surface area contributed by atoms with Gasteiger partial charge in [0.1, 0.15) is 0 Å². The van der Waals surface area contributed by atoms with Gasteiger partial charge in [-0.1, -0.05) is 18.2 Å². The van der Waals surface area contributed by atoms with E-state index in [1.807, 2.05) is 18.3 Å². The van der Waals surface area contributed by atoms with E-state index in [9.17, 15) is 4.79 Å². The highest BCUT2D eigenvalue weighted by Gasteiger charge is 2.09. The molecular weight excluding hydrogens is 226 g/mol. The zero-order chi connectivity index (χ0) is 13.1. The number of rotatable bonds is 4. The van der Waals surface area contributed by atoms with Crippen LogP contribution < -0.4 is 5.73 Å². The van der Waals surface area contributed by atoms with Gasteiger partial charge in [0, 0.05) is 50.7 Å². The van der Waals surface area contributed by atoms with Gasteiger partial charge < -0.3 is 15.2 Å². The van der Waals surface area contributed by atoms with Gasteiger partial charge in [-0.2, -0.15) is 0 Å². The van der Waals surface area contributed by atoms with Crippen LogP contribution in [0.4, 0.5) is 0 Å². The lowest BCUT2D eigenvalue weighted by Gasteiger charge is -2.10. The summed E-state index contributed by atoms with van der Waals surface area (Å²) in [6, 6.07) is 8.15. The Hall–Kier alpha value is -1.81. The Kier molecular flexibility index (Phi) is 3.67. The summed E-state index contributed by atoms with van der Waals surface area (Å²) in [5.74, 6) is 0.141. The number of aryl methyl sites for hydroxylation is 1. The lowest BCUT2D eigenvalue weighted by atomic mass is 10.2. The van der Waals surface area contributed by atoms with Crippen LogP contribution in [-0.4, -0.2) is 29.5 Å². The molecule has 18 heavy (non-hydrogen) atoms. The summed E-state index contributed by atoms with van der Waals surface area (Å²) in [4.78, 5) is 13.2. The van der Waals surface area contributed by atoms with Gasteiger partial charge in [-0.05, 0) is 11.6 Å². The number of carbonyl (C=O) groups excluding carboxylic acids is 1. The largest absolute Gasteiger partial charge is 0.349 e. The first kappa shape index (κ1) is 12.6. The normalized spacial score (nSPS) is 10.8. The molecule has 0 unspecified atom stereocenters. The minimum Gasteiger partial charge on any atom is -0.349 e. The molecule has 2 rings (SSSR count). The molecule has 0 fully saturated rings. The predicted octanol–water partition coefficient (Wildman–Crippen LogP) is 1.58. The third kappa shape index (κ3) is 2.38. The van der Waals surface area contributed by atoms with Gasteiger partial charge in [-0.15, -0.1) is 0 Å². The number of amides is 1. The summed E-state index contributed by atoms with van der Waals surface area (Å²) >= 11 is 0. The fraction of sp³-hybridized carbons (Fsp3) is 0.357. The summed E-state index contributed by atoms with van der Waals surface area (Å²) in [5.41, 5.74) is 8.02. The molecule has 0 aliphatic rings. The van der Waals surface area contributed by atoms with E-state index in [2.05, 4.69) is 16.7 Å². The van der Waals surface area contributed by atoms with Gasteiger partial charge in [0.15, 0.2) is 0 Å². The van der Waals surface area contributed by atoms with Crippen molar-refractivity contribution >= 4 is 16.8 Å². The first-order chi connectivity index (χ1) is 8.63. The molecule has 0 aliphatic carbocycles. The van der Waals surface area contributed by atoms with E-state index in [1.165, 1.54) is 5.39 Å². The third-order valence-corrected chi connectivity index (χ3v) is 3.16. The Morgan fingerprint density at radius 3 is 2.72 bits per heavy atom. The lowest BCUT2D eigenvalue weighted by Crippen LogP contribution is -2.22. The molecule has 0 atom stereocenters. The van der Waals surface area contributed by atoms with E-state index >= 15 is 0 Å². The van der Waals surface area contributed by atoms with Crippen molar-refractivity contribution in [3.8, 4) is 0 Å². The van der Waals surface area contributed by atoms with Crippen LogP contribution in [0, 0.1) is 0 Å². The molecule has 2 N–H and O–H groups in total. The van der Waals surface area contributed by atoms with Crippen LogP contribution in [-0.2, 0) is 17.9 Å². The third-order valence-electron chi connectivity index (χ3n) is 3.16. The van der Waals surface area contributed by atoms with E-state index in [4.69, 9.17) is 5.73 Å². The van der Waals surface area contributed by atoms with Crippen molar-refractivity contribution < 1.29 is 4.79 Å². The number of benzene rings is 1. The molecule has 0 radical (unpaired) electrons. The van der Waals surface area contributed by atoms with Crippen molar-refractivity contribution in [3.63, 3.8) is 0 Å².